The zero-order chi connectivity index (χ0) is 20.6. The zero-order valence-corrected chi connectivity index (χ0v) is 17.7. The van der Waals surface area contributed by atoms with Crippen molar-refractivity contribution in [2.75, 3.05) is 6.54 Å². The first-order chi connectivity index (χ1) is 14.6. The number of hydrogen-bond acceptors (Lipinski definition) is 5. The van der Waals surface area contributed by atoms with Crippen molar-refractivity contribution in [2.45, 2.75) is 63.0 Å². The second-order valence-electron chi connectivity index (χ2n) is 8.99. The van der Waals surface area contributed by atoms with Crippen LogP contribution in [0.4, 0.5) is 0 Å². The minimum atomic E-state index is 0.00622. The standard InChI is InChI=1S/C25H29N3O2/c1-17(2)29-20-11-9-19(10-12-20)23-27-24(28-30-23)25(13-6-14-25)16-26-22-15-21(22)18-7-4-3-5-8-18/h3-5,7-12,17,21-22,26H,6,13-16H2,1-2H3. The number of ether oxygens (including phenoxy) is 1. The summed E-state index contributed by atoms with van der Waals surface area (Å²) in [7, 11) is 0. The van der Waals surface area contributed by atoms with Crippen LogP contribution in [0.5, 0.6) is 5.75 Å². The molecule has 2 aliphatic carbocycles. The number of benzene rings is 2. The fraction of sp³-hybridized carbons (Fsp3) is 0.440. The van der Waals surface area contributed by atoms with E-state index in [1.54, 1.807) is 0 Å². The largest absolute Gasteiger partial charge is 0.491 e. The highest BCUT2D eigenvalue weighted by Crippen LogP contribution is 2.45. The van der Waals surface area contributed by atoms with Crippen molar-refractivity contribution in [3.8, 4) is 17.2 Å². The molecule has 0 saturated heterocycles. The van der Waals surface area contributed by atoms with Crippen LogP contribution in [0.25, 0.3) is 11.5 Å². The Morgan fingerprint density at radius 3 is 2.53 bits per heavy atom. The van der Waals surface area contributed by atoms with Crippen molar-refractivity contribution < 1.29 is 9.26 Å². The second-order valence-corrected chi connectivity index (χ2v) is 8.99. The number of nitrogens with zero attached hydrogens (tertiary/aromatic N) is 2. The van der Waals surface area contributed by atoms with Crippen LogP contribution in [0, 0.1) is 0 Å². The molecule has 0 amide bonds. The molecule has 5 nitrogen and oxygen atoms in total. The highest BCUT2D eigenvalue weighted by Gasteiger charge is 2.46. The maximum absolute atomic E-state index is 5.72. The van der Waals surface area contributed by atoms with Gasteiger partial charge in [0, 0.05) is 29.5 Å². The smallest absolute Gasteiger partial charge is 0.257 e. The van der Waals surface area contributed by atoms with Crippen molar-refractivity contribution in [3.05, 3.63) is 66.0 Å². The van der Waals surface area contributed by atoms with Crippen molar-refractivity contribution in [1.82, 2.24) is 15.5 Å². The van der Waals surface area contributed by atoms with E-state index < -0.39 is 0 Å². The minimum Gasteiger partial charge on any atom is -0.491 e. The highest BCUT2D eigenvalue weighted by atomic mass is 16.5. The molecule has 0 bridgehead atoms. The third-order valence-electron chi connectivity index (χ3n) is 6.40. The van der Waals surface area contributed by atoms with Crippen LogP contribution in [0.15, 0.2) is 59.1 Å². The van der Waals surface area contributed by atoms with Crippen LogP contribution >= 0.6 is 0 Å². The van der Waals surface area contributed by atoms with E-state index in [4.69, 9.17) is 14.2 Å². The molecular weight excluding hydrogens is 374 g/mol. The number of hydrogen-bond donors (Lipinski definition) is 1. The summed E-state index contributed by atoms with van der Waals surface area (Å²) >= 11 is 0. The topological polar surface area (TPSA) is 60.2 Å². The van der Waals surface area contributed by atoms with Gasteiger partial charge in [-0.25, -0.2) is 0 Å². The molecule has 30 heavy (non-hydrogen) atoms. The predicted molar refractivity (Wildman–Crippen MR) is 117 cm³/mol. The normalized spacial score (nSPS) is 22.0. The first kappa shape index (κ1) is 19.3. The van der Waals surface area contributed by atoms with Gasteiger partial charge < -0.3 is 14.6 Å². The molecule has 2 unspecified atom stereocenters. The van der Waals surface area contributed by atoms with E-state index in [0.29, 0.717) is 17.9 Å². The van der Waals surface area contributed by atoms with Gasteiger partial charge in [0.2, 0.25) is 0 Å². The fourth-order valence-electron chi connectivity index (χ4n) is 4.40. The van der Waals surface area contributed by atoms with Crippen molar-refractivity contribution in [2.24, 2.45) is 0 Å². The van der Waals surface area contributed by atoms with Crippen molar-refractivity contribution in [3.63, 3.8) is 0 Å². The molecule has 0 radical (unpaired) electrons. The number of rotatable bonds is 8. The average Bonchev–Trinajstić information content (AvgIpc) is 3.34. The Morgan fingerprint density at radius 2 is 1.87 bits per heavy atom. The van der Waals surface area contributed by atoms with Gasteiger partial charge in [-0.2, -0.15) is 4.98 Å². The minimum absolute atomic E-state index is 0.00622. The summed E-state index contributed by atoms with van der Waals surface area (Å²) in [5.41, 5.74) is 2.37. The van der Waals surface area contributed by atoms with E-state index in [1.807, 2.05) is 38.1 Å². The lowest BCUT2D eigenvalue weighted by atomic mass is 9.68. The van der Waals surface area contributed by atoms with Crippen LogP contribution in [0.2, 0.25) is 0 Å². The lowest BCUT2D eigenvalue weighted by Crippen LogP contribution is -2.45. The van der Waals surface area contributed by atoms with Crippen LogP contribution in [0.3, 0.4) is 0 Å². The Hall–Kier alpha value is -2.66. The molecule has 1 aromatic heterocycles. The average molecular weight is 404 g/mol. The first-order valence-electron chi connectivity index (χ1n) is 11.0. The third kappa shape index (κ3) is 3.86. The molecule has 2 fully saturated rings. The molecular formula is C25H29N3O2. The second kappa shape index (κ2) is 7.88. The molecule has 0 spiro atoms. The monoisotopic (exact) mass is 403 g/mol. The van der Waals surface area contributed by atoms with Gasteiger partial charge in [0.25, 0.3) is 5.89 Å². The van der Waals surface area contributed by atoms with E-state index in [0.717, 1.165) is 36.5 Å². The molecule has 1 N–H and O–H groups in total. The summed E-state index contributed by atoms with van der Waals surface area (Å²) in [6, 6.07) is 19.2. The fourth-order valence-corrected chi connectivity index (χ4v) is 4.40. The summed E-state index contributed by atoms with van der Waals surface area (Å²) in [5.74, 6) is 2.91. The number of nitrogens with one attached hydrogen (secondary N) is 1. The lowest BCUT2D eigenvalue weighted by molar-refractivity contribution is 0.211. The van der Waals surface area contributed by atoms with E-state index >= 15 is 0 Å². The summed E-state index contributed by atoms with van der Waals surface area (Å²) in [5, 5.41) is 8.16. The molecule has 2 aromatic carbocycles. The van der Waals surface area contributed by atoms with E-state index in [2.05, 4.69) is 40.8 Å². The Bertz CT molecular complexity index is 977. The molecule has 5 rings (SSSR count). The molecule has 3 aromatic rings. The van der Waals surface area contributed by atoms with Gasteiger partial charge in [-0.05, 0) is 62.9 Å². The van der Waals surface area contributed by atoms with Crippen LogP contribution in [-0.2, 0) is 5.41 Å². The summed E-state index contributed by atoms with van der Waals surface area (Å²) < 4.78 is 11.4. The van der Waals surface area contributed by atoms with Gasteiger partial charge in [0.05, 0.1) is 6.10 Å². The van der Waals surface area contributed by atoms with E-state index in [1.165, 1.54) is 18.4 Å². The molecule has 2 atom stereocenters. The first-order valence-corrected chi connectivity index (χ1v) is 11.0. The Balaban J connectivity index is 1.24. The highest BCUT2D eigenvalue weighted by molar-refractivity contribution is 5.54. The molecule has 0 aliphatic heterocycles. The van der Waals surface area contributed by atoms with Crippen molar-refractivity contribution >= 4 is 0 Å². The third-order valence-corrected chi connectivity index (χ3v) is 6.40. The maximum Gasteiger partial charge on any atom is 0.257 e. The van der Waals surface area contributed by atoms with Gasteiger partial charge in [0.15, 0.2) is 5.82 Å². The van der Waals surface area contributed by atoms with Crippen LogP contribution in [0.1, 0.15) is 56.8 Å². The van der Waals surface area contributed by atoms with E-state index in [-0.39, 0.29) is 11.5 Å². The summed E-state index contributed by atoms with van der Waals surface area (Å²) in [6.45, 7) is 4.96. The molecule has 156 valence electrons. The molecule has 2 saturated carbocycles. The Kier molecular flexibility index (Phi) is 5.07. The van der Waals surface area contributed by atoms with Gasteiger partial charge >= 0.3 is 0 Å². The Labute approximate surface area is 177 Å². The van der Waals surface area contributed by atoms with Crippen LogP contribution < -0.4 is 10.1 Å². The molecule has 1 heterocycles. The maximum atomic E-state index is 5.72. The van der Waals surface area contributed by atoms with Gasteiger partial charge in [0.1, 0.15) is 5.75 Å². The van der Waals surface area contributed by atoms with E-state index in [9.17, 15) is 0 Å². The quantitative estimate of drug-likeness (QED) is 0.568. The van der Waals surface area contributed by atoms with Gasteiger partial charge in [-0.1, -0.05) is 41.9 Å². The van der Waals surface area contributed by atoms with Crippen molar-refractivity contribution in [1.29, 1.82) is 0 Å². The number of aromatic nitrogens is 2. The van der Waals surface area contributed by atoms with Crippen LogP contribution in [-0.4, -0.2) is 28.8 Å². The van der Waals surface area contributed by atoms with Gasteiger partial charge in [-0.15, -0.1) is 0 Å². The lowest BCUT2D eigenvalue weighted by Gasteiger charge is -2.39. The van der Waals surface area contributed by atoms with Gasteiger partial charge in [-0.3, -0.25) is 0 Å². The summed E-state index contributed by atoms with van der Waals surface area (Å²) in [6.07, 6.45) is 4.82. The summed E-state index contributed by atoms with van der Waals surface area (Å²) in [4.78, 5) is 4.78. The Morgan fingerprint density at radius 1 is 1.10 bits per heavy atom. The predicted octanol–water partition coefficient (Wildman–Crippen LogP) is 5.09. The zero-order valence-electron chi connectivity index (χ0n) is 17.7. The molecule has 2 aliphatic rings. The molecule has 5 heteroatoms. The SMILES string of the molecule is CC(C)Oc1ccc(-c2nc(C3(CNC4CC4c4ccccc4)CCC3)no2)cc1.